The highest BCUT2D eigenvalue weighted by molar-refractivity contribution is 5.83. The van der Waals surface area contributed by atoms with Crippen LogP contribution in [-0.4, -0.2) is 27.2 Å². The standard InChI is InChI=1S/C23H27NO5/c1-6-14-7-9-16-17(12-19(14)26)18(24-13(2)25)10-8-15-11-20(27-3)22(28-4)23(29-5)21(15)16/h7,9,11-12,18H,6,8,10H2,1-5H3,(H,24,25)/t18-/m0/s1. The van der Waals surface area contributed by atoms with Gasteiger partial charge in [0.25, 0.3) is 0 Å². The lowest BCUT2D eigenvalue weighted by molar-refractivity contribution is -0.119. The number of carbonyl (C=O) groups excluding carboxylic acids is 1. The Bertz CT molecular complexity index is 999. The average molecular weight is 397 g/mol. The molecule has 154 valence electrons. The zero-order chi connectivity index (χ0) is 21.1. The molecule has 0 bridgehead atoms. The van der Waals surface area contributed by atoms with Crippen LogP contribution in [0.4, 0.5) is 0 Å². The van der Waals surface area contributed by atoms with Crippen molar-refractivity contribution in [2.24, 2.45) is 0 Å². The minimum Gasteiger partial charge on any atom is -0.493 e. The van der Waals surface area contributed by atoms with Gasteiger partial charge in [0, 0.05) is 12.5 Å². The maximum absolute atomic E-state index is 12.8. The Balaban J connectivity index is 2.41. The molecule has 2 aromatic rings. The van der Waals surface area contributed by atoms with Crippen LogP contribution in [0.3, 0.4) is 0 Å². The van der Waals surface area contributed by atoms with E-state index < -0.39 is 0 Å². The molecule has 6 heteroatoms. The topological polar surface area (TPSA) is 73.9 Å². The van der Waals surface area contributed by atoms with Gasteiger partial charge in [-0.3, -0.25) is 9.59 Å². The number of hydrogen-bond donors (Lipinski definition) is 1. The van der Waals surface area contributed by atoms with Crippen molar-refractivity contribution in [2.75, 3.05) is 21.3 Å². The second kappa shape index (κ2) is 8.55. The van der Waals surface area contributed by atoms with Crippen LogP contribution in [0.5, 0.6) is 17.2 Å². The summed E-state index contributed by atoms with van der Waals surface area (Å²) < 4.78 is 16.8. The fourth-order valence-corrected chi connectivity index (χ4v) is 4.03. The molecule has 0 radical (unpaired) electrons. The van der Waals surface area contributed by atoms with Crippen LogP contribution in [0, 0.1) is 0 Å². The number of carbonyl (C=O) groups is 1. The Kier molecular flexibility index (Phi) is 6.11. The number of methoxy groups -OCH3 is 3. The zero-order valence-corrected chi connectivity index (χ0v) is 17.5. The normalized spacial score (nSPS) is 14.9. The van der Waals surface area contributed by atoms with Gasteiger partial charge in [0.2, 0.25) is 11.7 Å². The van der Waals surface area contributed by atoms with E-state index >= 15 is 0 Å². The molecular formula is C23H27NO5. The maximum Gasteiger partial charge on any atom is 0.217 e. The fraction of sp³-hybridized carbons (Fsp3) is 0.391. The molecule has 0 heterocycles. The van der Waals surface area contributed by atoms with Crippen LogP contribution in [0.1, 0.15) is 43.0 Å². The molecule has 1 atom stereocenters. The lowest BCUT2D eigenvalue weighted by Gasteiger charge is -2.19. The van der Waals surface area contributed by atoms with Crippen molar-refractivity contribution >= 4 is 5.91 Å². The highest BCUT2D eigenvalue weighted by Crippen LogP contribution is 2.50. The van der Waals surface area contributed by atoms with Crippen LogP contribution in [0.25, 0.3) is 11.1 Å². The van der Waals surface area contributed by atoms with E-state index in [1.807, 2.05) is 25.1 Å². The largest absolute Gasteiger partial charge is 0.493 e. The average Bonchev–Trinajstić information content (AvgIpc) is 2.95. The number of hydrogen-bond acceptors (Lipinski definition) is 5. The summed E-state index contributed by atoms with van der Waals surface area (Å²) in [6, 6.07) is 7.13. The van der Waals surface area contributed by atoms with E-state index in [-0.39, 0.29) is 17.4 Å². The zero-order valence-electron chi connectivity index (χ0n) is 17.5. The van der Waals surface area contributed by atoms with Gasteiger partial charge in [-0.2, -0.15) is 0 Å². The first-order chi connectivity index (χ1) is 13.9. The van der Waals surface area contributed by atoms with E-state index in [0.29, 0.717) is 36.5 Å². The van der Waals surface area contributed by atoms with Crippen LogP contribution in [0.2, 0.25) is 0 Å². The Morgan fingerprint density at radius 3 is 2.41 bits per heavy atom. The van der Waals surface area contributed by atoms with Gasteiger partial charge in [0.05, 0.1) is 27.4 Å². The van der Waals surface area contributed by atoms with E-state index in [1.165, 1.54) is 6.92 Å². The molecule has 0 aromatic heterocycles. The number of aryl methyl sites for hydroxylation is 2. The summed E-state index contributed by atoms with van der Waals surface area (Å²) in [7, 11) is 4.75. The van der Waals surface area contributed by atoms with E-state index in [1.54, 1.807) is 27.4 Å². The molecule has 29 heavy (non-hydrogen) atoms. The van der Waals surface area contributed by atoms with Crippen LogP contribution >= 0.6 is 0 Å². The summed E-state index contributed by atoms with van der Waals surface area (Å²) >= 11 is 0. The van der Waals surface area contributed by atoms with Crippen LogP contribution in [-0.2, 0) is 17.6 Å². The number of fused-ring (bicyclic) bond motifs is 3. The number of benzene rings is 1. The van der Waals surface area contributed by atoms with Gasteiger partial charge < -0.3 is 19.5 Å². The van der Waals surface area contributed by atoms with Crippen molar-refractivity contribution in [3.8, 4) is 28.4 Å². The lowest BCUT2D eigenvalue weighted by atomic mass is 9.95. The van der Waals surface area contributed by atoms with Gasteiger partial charge >= 0.3 is 0 Å². The number of amides is 1. The summed E-state index contributed by atoms with van der Waals surface area (Å²) in [5, 5.41) is 3.00. The van der Waals surface area contributed by atoms with Crippen molar-refractivity contribution < 1.29 is 19.0 Å². The van der Waals surface area contributed by atoms with Gasteiger partial charge in [0.1, 0.15) is 0 Å². The maximum atomic E-state index is 12.8. The van der Waals surface area contributed by atoms with Crippen molar-refractivity contribution in [1.82, 2.24) is 5.32 Å². The van der Waals surface area contributed by atoms with Crippen LogP contribution < -0.4 is 25.0 Å². The molecule has 1 aliphatic carbocycles. The predicted octanol–water partition coefficient (Wildman–Crippen LogP) is 3.43. The van der Waals surface area contributed by atoms with Crippen molar-refractivity contribution in [3.63, 3.8) is 0 Å². The number of rotatable bonds is 5. The quantitative estimate of drug-likeness (QED) is 0.837. The Labute approximate surface area is 170 Å². The first kappa shape index (κ1) is 20.7. The van der Waals surface area contributed by atoms with Gasteiger partial charge in [-0.25, -0.2) is 0 Å². The molecular weight excluding hydrogens is 370 g/mol. The number of ether oxygens (including phenoxy) is 3. The summed E-state index contributed by atoms with van der Waals surface area (Å²) in [6.07, 6.45) is 1.97. The summed E-state index contributed by atoms with van der Waals surface area (Å²) in [6.45, 7) is 3.44. The van der Waals surface area contributed by atoms with Crippen molar-refractivity contribution in [1.29, 1.82) is 0 Å². The van der Waals surface area contributed by atoms with Crippen LogP contribution in [0.15, 0.2) is 29.1 Å². The molecule has 0 spiro atoms. The molecule has 1 aliphatic rings. The smallest absolute Gasteiger partial charge is 0.217 e. The Morgan fingerprint density at radius 2 is 1.83 bits per heavy atom. The first-order valence-corrected chi connectivity index (χ1v) is 9.71. The van der Waals surface area contributed by atoms with Crippen molar-refractivity contribution in [3.05, 3.63) is 51.2 Å². The van der Waals surface area contributed by atoms with Gasteiger partial charge in [-0.05, 0) is 53.6 Å². The van der Waals surface area contributed by atoms with E-state index in [0.717, 1.165) is 27.8 Å². The molecule has 2 aromatic carbocycles. The van der Waals surface area contributed by atoms with E-state index in [9.17, 15) is 9.59 Å². The molecule has 3 rings (SSSR count). The molecule has 0 unspecified atom stereocenters. The summed E-state index contributed by atoms with van der Waals surface area (Å²) in [5.41, 5.74) is 4.21. The molecule has 6 nitrogen and oxygen atoms in total. The van der Waals surface area contributed by atoms with Gasteiger partial charge in [-0.1, -0.05) is 19.1 Å². The molecule has 1 amide bonds. The molecule has 0 saturated carbocycles. The van der Waals surface area contributed by atoms with Crippen molar-refractivity contribution in [2.45, 2.75) is 39.2 Å². The monoisotopic (exact) mass is 397 g/mol. The van der Waals surface area contributed by atoms with E-state index in [2.05, 4.69) is 5.32 Å². The third kappa shape index (κ3) is 3.79. The molecule has 1 N–H and O–H groups in total. The molecule has 0 aliphatic heterocycles. The third-order valence-corrected chi connectivity index (χ3v) is 5.38. The molecule has 0 fully saturated rings. The second-order valence-electron chi connectivity index (χ2n) is 7.06. The highest BCUT2D eigenvalue weighted by atomic mass is 16.5. The summed E-state index contributed by atoms with van der Waals surface area (Å²) in [5.74, 6) is 1.51. The minimum atomic E-state index is -0.276. The predicted molar refractivity (Wildman–Crippen MR) is 112 cm³/mol. The first-order valence-electron chi connectivity index (χ1n) is 9.71. The van der Waals surface area contributed by atoms with Gasteiger partial charge in [0.15, 0.2) is 16.9 Å². The molecule has 0 saturated heterocycles. The SMILES string of the molecule is CCc1ccc2c(cc1=O)[C@@H](NC(C)=O)CCc1cc(OC)c(OC)c(OC)c1-2. The number of nitrogens with one attached hydrogen (secondary N) is 1. The summed E-state index contributed by atoms with van der Waals surface area (Å²) in [4.78, 5) is 24.6. The fourth-order valence-electron chi connectivity index (χ4n) is 4.03. The van der Waals surface area contributed by atoms with Gasteiger partial charge in [-0.15, -0.1) is 0 Å². The Morgan fingerprint density at radius 1 is 1.10 bits per heavy atom. The Hall–Kier alpha value is -3.02. The lowest BCUT2D eigenvalue weighted by Crippen LogP contribution is -2.26. The highest BCUT2D eigenvalue weighted by Gasteiger charge is 2.29. The third-order valence-electron chi connectivity index (χ3n) is 5.38. The second-order valence-corrected chi connectivity index (χ2v) is 7.06. The van der Waals surface area contributed by atoms with E-state index in [4.69, 9.17) is 14.2 Å². The minimum absolute atomic E-state index is 0.0352.